The van der Waals surface area contributed by atoms with Gasteiger partial charge in [-0.15, -0.1) is 24.0 Å². The Morgan fingerprint density at radius 1 is 1.22 bits per heavy atom. The zero-order valence-electron chi connectivity index (χ0n) is 16.5. The Hall–Kier alpha value is -1.09. The van der Waals surface area contributed by atoms with Gasteiger partial charge in [-0.25, -0.2) is 4.98 Å². The minimum atomic E-state index is 0. The molecule has 4 rings (SSSR count). The van der Waals surface area contributed by atoms with Gasteiger partial charge < -0.3 is 20.3 Å². The Bertz CT molecular complexity index is 645. The molecular weight excluding hydrogens is 453 g/mol. The van der Waals surface area contributed by atoms with Gasteiger partial charge in [0.05, 0.1) is 6.10 Å². The number of guanidine groups is 1. The van der Waals surface area contributed by atoms with Gasteiger partial charge in [-0.2, -0.15) is 0 Å². The molecule has 150 valence electrons. The van der Waals surface area contributed by atoms with E-state index in [1.165, 1.54) is 0 Å². The number of anilines is 1. The number of fused-ring (bicyclic) bond motifs is 1. The van der Waals surface area contributed by atoms with E-state index in [4.69, 9.17) is 4.74 Å². The third-order valence-electron chi connectivity index (χ3n) is 6.43. The molecule has 2 aliphatic heterocycles. The van der Waals surface area contributed by atoms with Gasteiger partial charge in [0.2, 0.25) is 0 Å². The molecule has 3 atom stereocenters. The first-order valence-electron chi connectivity index (χ1n) is 9.87. The maximum atomic E-state index is 5.90. The first-order valence-corrected chi connectivity index (χ1v) is 9.87. The summed E-state index contributed by atoms with van der Waals surface area (Å²) in [6.45, 7) is 7.55. The van der Waals surface area contributed by atoms with Crippen LogP contribution in [0.2, 0.25) is 0 Å². The van der Waals surface area contributed by atoms with Gasteiger partial charge in [0, 0.05) is 56.4 Å². The molecule has 1 saturated carbocycles. The molecule has 1 aromatic heterocycles. The summed E-state index contributed by atoms with van der Waals surface area (Å²) in [7, 11) is 1.87. The molecule has 7 heteroatoms. The molecular formula is C20H32IN5O. The van der Waals surface area contributed by atoms with Crippen molar-refractivity contribution in [2.45, 2.75) is 51.3 Å². The van der Waals surface area contributed by atoms with Crippen LogP contribution in [-0.4, -0.2) is 55.9 Å². The molecule has 1 aromatic rings. The van der Waals surface area contributed by atoms with E-state index in [0.29, 0.717) is 24.1 Å². The molecule has 2 N–H and O–H groups in total. The zero-order chi connectivity index (χ0) is 18.1. The van der Waals surface area contributed by atoms with E-state index in [2.05, 4.69) is 51.5 Å². The monoisotopic (exact) mass is 485 g/mol. The van der Waals surface area contributed by atoms with E-state index in [1.807, 2.05) is 19.3 Å². The summed E-state index contributed by atoms with van der Waals surface area (Å²) in [6, 6.07) is 7.01. The third kappa shape index (κ3) is 4.04. The molecule has 0 bridgehead atoms. The number of aliphatic imine (C=N–C) groups is 1. The molecule has 3 heterocycles. The van der Waals surface area contributed by atoms with Gasteiger partial charge in [-0.1, -0.05) is 19.9 Å². The van der Waals surface area contributed by atoms with E-state index in [9.17, 15) is 0 Å². The van der Waals surface area contributed by atoms with E-state index in [0.717, 1.165) is 50.7 Å². The number of piperidine rings is 1. The molecule has 0 amide bonds. The molecule has 3 fully saturated rings. The molecule has 3 unspecified atom stereocenters. The van der Waals surface area contributed by atoms with Crippen molar-refractivity contribution in [1.29, 1.82) is 0 Å². The van der Waals surface area contributed by atoms with Gasteiger partial charge in [-0.3, -0.25) is 4.99 Å². The highest BCUT2D eigenvalue weighted by atomic mass is 127. The average Bonchev–Trinajstić information content (AvgIpc) is 3.13. The van der Waals surface area contributed by atoms with Crippen molar-refractivity contribution in [2.24, 2.45) is 16.3 Å². The lowest BCUT2D eigenvalue weighted by molar-refractivity contribution is -0.106. The molecule has 0 spiro atoms. The molecule has 27 heavy (non-hydrogen) atoms. The maximum absolute atomic E-state index is 5.90. The standard InChI is InChI=1S/C20H31N5O.HI/c1-20(2)17(15-9-13-26-18(15)20)24-19(21-3)23-14-7-11-25(12-8-14)16-6-4-5-10-22-16;/h4-6,10,14-15,17-18H,7-9,11-13H2,1-3H3,(H2,21,23,24);1H. The summed E-state index contributed by atoms with van der Waals surface area (Å²) in [5, 5.41) is 7.33. The molecule has 3 aliphatic rings. The van der Waals surface area contributed by atoms with Crippen molar-refractivity contribution in [3.05, 3.63) is 24.4 Å². The Labute approximate surface area is 179 Å². The van der Waals surface area contributed by atoms with Gasteiger partial charge in [0.1, 0.15) is 5.82 Å². The predicted molar refractivity (Wildman–Crippen MR) is 120 cm³/mol. The summed E-state index contributed by atoms with van der Waals surface area (Å²) in [5.41, 5.74) is 0.168. The Morgan fingerprint density at radius 3 is 2.67 bits per heavy atom. The number of nitrogens with zero attached hydrogens (tertiary/aromatic N) is 3. The Kier molecular flexibility index (Phi) is 6.50. The van der Waals surface area contributed by atoms with Crippen LogP contribution >= 0.6 is 24.0 Å². The van der Waals surface area contributed by atoms with Crippen LogP contribution in [0.4, 0.5) is 5.82 Å². The lowest BCUT2D eigenvalue weighted by Gasteiger charge is -2.55. The highest BCUT2D eigenvalue weighted by Gasteiger charge is 2.59. The van der Waals surface area contributed by atoms with Crippen LogP contribution in [-0.2, 0) is 4.74 Å². The fourth-order valence-electron chi connectivity index (χ4n) is 4.92. The van der Waals surface area contributed by atoms with Crippen LogP contribution in [0, 0.1) is 11.3 Å². The normalized spacial score (nSPS) is 30.1. The first-order chi connectivity index (χ1) is 12.6. The number of aromatic nitrogens is 1. The fraction of sp³-hybridized carbons (Fsp3) is 0.700. The Balaban J connectivity index is 0.00000210. The third-order valence-corrected chi connectivity index (χ3v) is 6.43. The lowest BCUT2D eigenvalue weighted by Crippen LogP contribution is -2.68. The zero-order valence-corrected chi connectivity index (χ0v) is 18.8. The quantitative estimate of drug-likeness (QED) is 0.392. The number of hydrogen-bond acceptors (Lipinski definition) is 4. The van der Waals surface area contributed by atoms with Crippen molar-refractivity contribution in [3.63, 3.8) is 0 Å². The minimum Gasteiger partial charge on any atom is -0.377 e. The van der Waals surface area contributed by atoms with Crippen LogP contribution in [0.15, 0.2) is 29.4 Å². The summed E-state index contributed by atoms with van der Waals surface area (Å²) in [6.07, 6.45) is 5.62. The van der Waals surface area contributed by atoms with Crippen molar-refractivity contribution < 1.29 is 4.74 Å². The summed E-state index contributed by atoms with van der Waals surface area (Å²) < 4.78 is 5.90. The highest BCUT2D eigenvalue weighted by Crippen LogP contribution is 2.52. The van der Waals surface area contributed by atoms with Crippen LogP contribution in [0.1, 0.15) is 33.1 Å². The SMILES string of the molecule is CN=C(NC1CCN(c2ccccn2)CC1)NC1C2CCOC2C1(C)C.I. The number of nitrogens with one attached hydrogen (secondary N) is 2. The summed E-state index contributed by atoms with van der Waals surface area (Å²) in [4.78, 5) is 11.3. The molecule has 6 nitrogen and oxygen atoms in total. The second kappa shape index (κ2) is 8.51. The number of rotatable bonds is 3. The van der Waals surface area contributed by atoms with Gasteiger partial charge in [-0.05, 0) is 31.4 Å². The summed E-state index contributed by atoms with van der Waals surface area (Å²) >= 11 is 0. The smallest absolute Gasteiger partial charge is 0.191 e. The van der Waals surface area contributed by atoms with Crippen LogP contribution in [0.5, 0.6) is 0 Å². The van der Waals surface area contributed by atoms with E-state index in [1.54, 1.807) is 0 Å². The molecule has 0 radical (unpaired) electrons. The number of ether oxygens (including phenoxy) is 1. The topological polar surface area (TPSA) is 61.8 Å². The predicted octanol–water partition coefficient (Wildman–Crippen LogP) is 2.65. The summed E-state index contributed by atoms with van der Waals surface area (Å²) in [5.74, 6) is 2.64. The average molecular weight is 485 g/mol. The van der Waals surface area contributed by atoms with Crippen LogP contribution < -0.4 is 15.5 Å². The van der Waals surface area contributed by atoms with E-state index >= 15 is 0 Å². The van der Waals surface area contributed by atoms with Crippen molar-refractivity contribution in [1.82, 2.24) is 15.6 Å². The number of hydrogen-bond donors (Lipinski definition) is 2. The molecule has 2 saturated heterocycles. The fourth-order valence-corrected chi connectivity index (χ4v) is 4.92. The Morgan fingerprint density at radius 2 is 2.00 bits per heavy atom. The van der Waals surface area contributed by atoms with Gasteiger partial charge in [0.25, 0.3) is 0 Å². The van der Waals surface area contributed by atoms with E-state index in [-0.39, 0.29) is 29.4 Å². The maximum Gasteiger partial charge on any atom is 0.191 e. The van der Waals surface area contributed by atoms with Gasteiger partial charge in [0.15, 0.2) is 5.96 Å². The number of halogens is 1. The molecule has 0 aromatic carbocycles. The van der Waals surface area contributed by atoms with Crippen LogP contribution in [0.25, 0.3) is 0 Å². The van der Waals surface area contributed by atoms with Crippen molar-refractivity contribution in [3.8, 4) is 0 Å². The van der Waals surface area contributed by atoms with Gasteiger partial charge >= 0.3 is 0 Å². The second-order valence-electron chi connectivity index (χ2n) is 8.35. The minimum absolute atomic E-state index is 0. The van der Waals surface area contributed by atoms with Crippen LogP contribution in [0.3, 0.4) is 0 Å². The van der Waals surface area contributed by atoms with Crippen molar-refractivity contribution in [2.75, 3.05) is 31.6 Å². The van der Waals surface area contributed by atoms with Crippen molar-refractivity contribution >= 4 is 35.8 Å². The highest BCUT2D eigenvalue weighted by molar-refractivity contribution is 14.0. The van der Waals surface area contributed by atoms with E-state index < -0.39 is 0 Å². The number of pyridine rings is 1. The second-order valence-corrected chi connectivity index (χ2v) is 8.35. The lowest BCUT2D eigenvalue weighted by atomic mass is 9.57. The largest absolute Gasteiger partial charge is 0.377 e. The first kappa shape index (κ1) is 20.6. The molecule has 1 aliphatic carbocycles.